The van der Waals surface area contributed by atoms with Crippen LogP contribution in [0.25, 0.3) is 0 Å². The maximum atomic E-state index is 11.3. The summed E-state index contributed by atoms with van der Waals surface area (Å²) < 4.78 is 15.9. The molecule has 0 saturated carbocycles. The number of hydrogen-bond donors (Lipinski definition) is 0. The first kappa shape index (κ1) is 21.3. The molecule has 0 aromatic carbocycles. The highest BCUT2D eigenvalue weighted by Gasteiger charge is 2.27. The Kier molecular flexibility index (Phi) is 13.6. The molecule has 0 fully saturated rings. The van der Waals surface area contributed by atoms with Gasteiger partial charge in [-0.15, -0.1) is 0 Å². The lowest BCUT2D eigenvalue weighted by molar-refractivity contribution is -0.142. The Labute approximate surface area is 137 Å². The second-order valence-corrected chi connectivity index (χ2v) is 9.43. The summed E-state index contributed by atoms with van der Waals surface area (Å²) in [5, 5.41) is 0. The van der Waals surface area contributed by atoms with Gasteiger partial charge in [0.2, 0.25) is 0 Å². The van der Waals surface area contributed by atoms with Gasteiger partial charge in [0.25, 0.3) is 0 Å². The highest BCUT2D eigenvalue weighted by Crippen LogP contribution is 2.17. The average molecular weight is 331 g/mol. The molecule has 5 heteroatoms. The van der Waals surface area contributed by atoms with Crippen LogP contribution in [0.5, 0.6) is 0 Å². The first-order valence-corrected chi connectivity index (χ1v) is 11.0. The molecule has 0 spiro atoms. The molecule has 130 valence electrons. The number of unbranched alkanes of at least 4 members (excludes halogenated alkanes) is 7. The molecule has 0 rings (SSSR count). The number of hydrogen-bond acceptors (Lipinski definition) is 4. The molecule has 4 nitrogen and oxygen atoms in total. The van der Waals surface area contributed by atoms with E-state index in [4.69, 9.17) is 13.6 Å². The highest BCUT2D eigenvalue weighted by atomic mass is 28.4. The van der Waals surface area contributed by atoms with E-state index < -0.39 is 8.56 Å². The van der Waals surface area contributed by atoms with Crippen molar-refractivity contribution in [3.05, 3.63) is 12.7 Å². The minimum Gasteiger partial charge on any atom is -0.461 e. The summed E-state index contributed by atoms with van der Waals surface area (Å²) in [7, 11) is 1.65. The maximum absolute atomic E-state index is 11.3. The molecule has 0 unspecified atom stereocenters. The SMILES string of the molecule is C=CCOC(=O)CCCCCCCCCC[Si](C)(OC)OC. The third kappa shape index (κ3) is 11.9. The summed E-state index contributed by atoms with van der Waals surface area (Å²) in [6.07, 6.45) is 11.6. The molecule has 0 bridgehead atoms. The van der Waals surface area contributed by atoms with Crippen LogP contribution >= 0.6 is 0 Å². The Balaban J connectivity index is 3.30. The molecule has 0 heterocycles. The Bertz CT molecular complexity index is 290. The molecule has 0 aromatic rings. The van der Waals surface area contributed by atoms with E-state index in [0.717, 1.165) is 18.9 Å². The fourth-order valence-electron chi connectivity index (χ4n) is 2.29. The number of esters is 1. The smallest absolute Gasteiger partial charge is 0.334 e. The molecule has 0 aliphatic heterocycles. The molecule has 0 saturated heterocycles. The van der Waals surface area contributed by atoms with Gasteiger partial charge in [0.1, 0.15) is 6.61 Å². The molecular formula is C17H34O4Si. The lowest BCUT2D eigenvalue weighted by Crippen LogP contribution is -2.35. The lowest BCUT2D eigenvalue weighted by atomic mass is 10.1. The predicted molar refractivity (Wildman–Crippen MR) is 93.2 cm³/mol. The number of rotatable bonds is 15. The summed E-state index contributed by atoms with van der Waals surface area (Å²) in [6, 6.07) is 1.08. The fourth-order valence-corrected chi connectivity index (χ4v) is 3.75. The Morgan fingerprint density at radius 2 is 1.45 bits per heavy atom. The second kappa shape index (κ2) is 14.0. The molecule has 0 aromatic heterocycles. The van der Waals surface area contributed by atoms with Crippen LogP contribution in [0.2, 0.25) is 12.6 Å². The molecular weight excluding hydrogens is 296 g/mol. The van der Waals surface area contributed by atoms with Crippen LogP contribution in [0, 0.1) is 0 Å². The summed E-state index contributed by atoms with van der Waals surface area (Å²) >= 11 is 0. The number of ether oxygens (including phenoxy) is 1. The Morgan fingerprint density at radius 1 is 0.955 bits per heavy atom. The maximum Gasteiger partial charge on any atom is 0.334 e. The van der Waals surface area contributed by atoms with Crippen LogP contribution in [0.1, 0.15) is 57.8 Å². The molecule has 0 atom stereocenters. The van der Waals surface area contributed by atoms with Crippen LogP contribution < -0.4 is 0 Å². The van der Waals surface area contributed by atoms with Gasteiger partial charge in [0.05, 0.1) is 0 Å². The van der Waals surface area contributed by atoms with Gasteiger partial charge < -0.3 is 13.6 Å². The van der Waals surface area contributed by atoms with Crippen molar-refractivity contribution in [1.29, 1.82) is 0 Å². The predicted octanol–water partition coefficient (Wildman–Crippen LogP) is 4.59. The molecule has 0 radical (unpaired) electrons. The molecule has 0 aliphatic carbocycles. The van der Waals surface area contributed by atoms with E-state index >= 15 is 0 Å². The van der Waals surface area contributed by atoms with Crippen molar-refractivity contribution in [3.63, 3.8) is 0 Å². The van der Waals surface area contributed by atoms with Crippen molar-refractivity contribution < 1.29 is 18.4 Å². The van der Waals surface area contributed by atoms with E-state index in [2.05, 4.69) is 13.1 Å². The molecule has 0 N–H and O–H groups in total. The third-order valence-electron chi connectivity index (χ3n) is 3.99. The first-order valence-electron chi connectivity index (χ1n) is 8.45. The van der Waals surface area contributed by atoms with E-state index in [-0.39, 0.29) is 5.97 Å². The highest BCUT2D eigenvalue weighted by molar-refractivity contribution is 6.65. The zero-order valence-electron chi connectivity index (χ0n) is 14.7. The monoisotopic (exact) mass is 330 g/mol. The van der Waals surface area contributed by atoms with Crippen molar-refractivity contribution in [3.8, 4) is 0 Å². The topological polar surface area (TPSA) is 44.8 Å². The van der Waals surface area contributed by atoms with Crippen LogP contribution in [0.3, 0.4) is 0 Å². The van der Waals surface area contributed by atoms with Gasteiger partial charge in [0.15, 0.2) is 0 Å². The van der Waals surface area contributed by atoms with Crippen molar-refractivity contribution in [2.24, 2.45) is 0 Å². The fraction of sp³-hybridized carbons (Fsp3) is 0.824. The minimum atomic E-state index is -1.85. The largest absolute Gasteiger partial charge is 0.461 e. The van der Waals surface area contributed by atoms with Crippen LogP contribution in [-0.4, -0.2) is 35.4 Å². The second-order valence-electron chi connectivity index (χ2n) is 5.84. The van der Waals surface area contributed by atoms with Crippen molar-refractivity contribution >= 4 is 14.5 Å². The van der Waals surface area contributed by atoms with Gasteiger partial charge >= 0.3 is 14.5 Å². The molecule has 0 aliphatic rings. The quantitative estimate of drug-likeness (QED) is 0.191. The first-order chi connectivity index (χ1) is 10.6. The Hall–Kier alpha value is -0.653. The van der Waals surface area contributed by atoms with Crippen molar-refractivity contribution in [2.45, 2.75) is 70.4 Å². The van der Waals surface area contributed by atoms with Gasteiger partial charge in [-0.2, -0.15) is 0 Å². The van der Waals surface area contributed by atoms with Gasteiger partial charge in [-0.3, -0.25) is 4.79 Å². The Morgan fingerprint density at radius 3 is 1.95 bits per heavy atom. The number of carbonyl (C=O) groups is 1. The minimum absolute atomic E-state index is 0.108. The van der Waals surface area contributed by atoms with Gasteiger partial charge in [-0.1, -0.05) is 57.6 Å². The van der Waals surface area contributed by atoms with E-state index in [1.165, 1.54) is 38.5 Å². The summed E-state index contributed by atoms with van der Waals surface area (Å²) in [5.74, 6) is -0.108. The van der Waals surface area contributed by atoms with Gasteiger partial charge in [0, 0.05) is 20.6 Å². The third-order valence-corrected chi connectivity index (χ3v) is 6.98. The number of carbonyl (C=O) groups excluding carboxylic acids is 1. The zero-order chi connectivity index (χ0) is 16.7. The van der Waals surface area contributed by atoms with Crippen molar-refractivity contribution in [1.82, 2.24) is 0 Å². The molecule has 22 heavy (non-hydrogen) atoms. The summed E-state index contributed by atoms with van der Waals surface area (Å²) in [4.78, 5) is 11.3. The van der Waals surface area contributed by atoms with E-state index in [9.17, 15) is 4.79 Å². The van der Waals surface area contributed by atoms with Gasteiger partial charge in [-0.05, 0) is 19.0 Å². The summed E-state index contributed by atoms with van der Waals surface area (Å²) in [6.45, 7) is 5.96. The molecule has 0 amide bonds. The van der Waals surface area contributed by atoms with E-state index in [1.807, 2.05) is 0 Å². The summed E-state index contributed by atoms with van der Waals surface area (Å²) in [5.41, 5.74) is 0. The van der Waals surface area contributed by atoms with E-state index in [1.54, 1.807) is 20.3 Å². The normalized spacial score (nSPS) is 11.4. The van der Waals surface area contributed by atoms with Crippen LogP contribution in [0.15, 0.2) is 12.7 Å². The van der Waals surface area contributed by atoms with E-state index in [0.29, 0.717) is 13.0 Å². The van der Waals surface area contributed by atoms with Gasteiger partial charge in [-0.25, -0.2) is 0 Å². The van der Waals surface area contributed by atoms with Crippen molar-refractivity contribution in [2.75, 3.05) is 20.8 Å². The standard InChI is InChI=1S/C17H34O4Si/c1-5-15-21-17(18)14-12-10-8-6-7-9-11-13-16-22(4,19-2)20-3/h5H,1,6-16H2,2-4H3. The average Bonchev–Trinajstić information content (AvgIpc) is 2.54. The lowest BCUT2D eigenvalue weighted by Gasteiger charge is -2.22. The zero-order valence-corrected chi connectivity index (χ0v) is 15.7. The van der Waals surface area contributed by atoms with Crippen LogP contribution in [0.4, 0.5) is 0 Å². The van der Waals surface area contributed by atoms with Crippen LogP contribution in [-0.2, 0) is 18.4 Å².